The predicted octanol–water partition coefficient (Wildman–Crippen LogP) is 3.23. The zero-order valence-electron chi connectivity index (χ0n) is 14.2. The van der Waals surface area contributed by atoms with Gasteiger partial charge in [0.2, 0.25) is 5.95 Å². The van der Waals surface area contributed by atoms with E-state index in [1.807, 2.05) is 45.0 Å². The highest BCUT2D eigenvalue weighted by atomic mass is 16.5. The van der Waals surface area contributed by atoms with Crippen molar-refractivity contribution in [3.63, 3.8) is 0 Å². The molecule has 6 heteroatoms. The number of nitrogens with zero attached hydrogens (tertiary/aromatic N) is 2. The van der Waals surface area contributed by atoms with E-state index >= 15 is 0 Å². The molecule has 6 nitrogen and oxygen atoms in total. The summed E-state index contributed by atoms with van der Waals surface area (Å²) in [7, 11) is 0. The topological polar surface area (TPSA) is 76.1 Å². The molecule has 1 heterocycles. The highest BCUT2D eigenvalue weighted by molar-refractivity contribution is 5.92. The molecule has 0 unspecified atom stereocenters. The third-order valence-electron chi connectivity index (χ3n) is 2.98. The first-order valence-electron chi connectivity index (χ1n) is 7.76. The first kappa shape index (κ1) is 17.5. The number of carbonyl (C=O) groups excluding carboxylic acids is 1. The lowest BCUT2D eigenvalue weighted by Crippen LogP contribution is -2.24. The Morgan fingerprint density at radius 2 is 2.00 bits per heavy atom. The van der Waals surface area contributed by atoms with Crippen molar-refractivity contribution in [3.8, 4) is 5.75 Å². The second-order valence-corrected chi connectivity index (χ2v) is 5.53. The Labute approximate surface area is 142 Å². The van der Waals surface area contributed by atoms with Crippen LogP contribution in [0.4, 0.5) is 11.6 Å². The number of nitrogens with one attached hydrogen (secondary N) is 2. The Bertz CT molecular complexity index is 711. The van der Waals surface area contributed by atoms with Crippen LogP contribution in [0.15, 0.2) is 43.0 Å². The van der Waals surface area contributed by atoms with Gasteiger partial charge in [0, 0.05) is 17.9 Å². The predicted molar refractivity (Wildman–Crippen MR) is 94.8 cm³/mol. The smallest absolute Gasteiger partial charge is 0.270 e. The number of aromatic nitrogens is 2. The molecular formula is C18H22N4O2. The number of amides is 1. The van der Waals surface area contributed by atoms with Gasteiger partial charge in [-0.05, 0) is 51.1 Å². The molecular weight excluding hydrogens is 304 g/mol. The maximum Gasteiger partial charge on any atom is 0.270 e. The number of hydrogen-bond acceptors (Lipinski definition) is 5. The van der Waals surface area contributed by atoms with E-state index in [-0.39, 0.29) is 12.0 Å². The average molecular weight is 326 g/mol. The molecule has 0 atom stereocenters. The number of ether oxygens (including phenoxy) is 1. The van der Waals surface area contributed by atoms with E-state index in [0.717, 1.165) is 11.4 Å². The monoisotopic (exact) mass is 326 g/mol. The quantitative estimate of drug-likeness (QED) is 0.764. The lowest BCUT2D eigenvalue weighted by molar-refractivity contribution is 0.0953. The van der Waals surface area contributed by atoms with Crippen molar-refractivity contribution in [1.82, 2.24) is 15.3 Å². The van der Waals surface area contributed by atoms with Crippen LogP contribution < -0.4 is 15.4 Å². The Balaban J connectivity index is 2.13. The summed E-state index contributed by atoms with van der Waals surface area (Å²) < 4.78 is 5.61. The summed E-state index contributed by atoms with van der Waals surface area (Å²) in [6.07, 6.45) is 1.74. The molecule has 0 aliphatic rings. The van der Waals surface area contributed by atoms with E-state index in [9.17, 15) is 4.79 Å². The molecule has 0 radical (unpaired) electrons. The third-order valence-corrected chi connectivity index (χ3v) is 2.98. The highest BCUT2D eigenvalue weighted by Crippen LogP contribution is 2.19. The summed E-state index contributed by atoms with van der Waals surface area (Å²) in [6.45, 7) is 9.73. The van der Waals surface area contributed by atoms with Gasteiger partial charge in [0.1, 0.15) is 11.4 Å². The fourth-order valence-electron chi connectivity index (χ4n) is 2.01. The zero-order chi connectivity index (χ0) is 17.5. The Hall–Kier alpha value is -2.89. The molecule has 126 valence electrons. The van der Waals surface area contributed by atoms with Gasteiger partial charge in [0.05, 0.1) is 6.10 Å². The summed E-state index contributed by atoms with van der Waals surface area (Å²) in [6, 6.07) is 9.14. The van der Waals surface area contributed by atoms with E-state index in [4.69, 9.17) is 4.74 Å². The number of aryl methyl sites for hydroxylation is 1. The van der Waals surface area contributed by atoms with E-state index in [2.05, 4.69) is 27.2 Å². The van der Waals surface area contributed by atoms with Crippen molar-refractivity contribution in [3.05, 3.63) is 54.4 Å². The molecule has 0 bridgehead atoms. The van der Waals surface area contributed by atoms with E-state index in [0.29, 0.717) is 23.9 Å². The molecule has 1 aromatic carbocycles. The minimum Gasteiger partial charge on any atom is -0.491 e. The molecule has 2 N–H and O–H groups in total. The standard InChI is InChI=1S/C18H22N4O2/c1-5-10-19-17(23)16-11-13(4)20-18(22-16)21-14-6-8-15(9-7-14)24-12(2)3/h5-9,11-12H,1,10H2,2-4H3,(H,19,23)(H,20,21,22). The van der Waals surface area contributed by atoms with Gasteiger partial charge < -0.3 is 15.4 Å². The van der Waals surface area contributed by atoms with Crippen LogP contribution in [0.3, 0.4) is 0 Å². The van der Waals surface area contributed by atoms with Crippen LogP contribution in [0, 0.1) is 6.92 Å². The molecule has 0 fully saturated rings. The van der Waals surface area contributed by atoms with Gasteiger partial charge in [-0.2, -0.15) is 0 Å². The van der Waals surface area contributed by atoms with Gasteiger partial charge >= 0.3 is 0 Å². The first-order valence-corrected chi connectivity index (χ1v) is 7.76. The molecule has 0 spiro atoms. The second-order valence-electron chi connectivity index (χ2n) is 5.53. The summed E-state index contributed by atoms with van der Waals surface area (Å²) >= 11 is 0. The fraction of sp³-hybridized carbons (Fsp3) is 0.278. The van der Waals surface area contributed by atoms with Crippen LogP contribution in [-0.2, 0) is 0 Å². The van der Waals surface area contributed by atoms with Crippen molar-refractivity contribution in [1.29, 1.82) is 0 Å². The molecule has 0 saturated carbocycles. The molecule has 0 saturated heterocycles. The maximum absolute atomic E-state index is 12.0. The lowest BCUT2D eigenvalue weighted by atomic mass is 10.3. The Morgan fingerprint density at radius 1 is 1.29 bits per heavy atom. The van der Waals surface area contributed by atoms with Gasteiger partial charge in [0.15, 0.2) is 0 Å². The van der Waals surface area contributed by atoms with Crippen LogP contribution >= 0.6 is 0 Å². The van der Waals surface area contributed by atoms with Crippen molar-refractivity contribution in [2.24, 2.45) is 0 Å². The minimum atomic E-state index is -0.260. The number of rotatable bonds is 7. The average Bonchev–Trinajstić information content (AvgIpc) is 2.53. The summed E-state index contributed by atoms with van der Waals surface area (Å²) in [5.41, 5.74) is 1.83. The van der Waals surface area contributed by atoms with Crippen molar-refractivity contribution < 1.29 is 9.53 Å². The van der Waals surface area contributed by atoms with Crippen LogP contribution in [0.25, 0.3) is 0 Å². The number of benzene rings is 1. The van der Waals surface area contributed by atoms with Crippen molar-refractivity contribution >= 4 is 17.5 Å². The van der Waals surface area contributed by atoms with Crippen molar-refractivity contribution in [2.75, 3.05) is 11.9 Å². The normalized spacial score (nSPS) is 10.3. The third kappa shape index (κ3) is 5.08. The molecule has 0 aliphatic carbocycles. The highest BCUT2D eigenvalue weighted by Gasteiger charge is 2.10. The summed E-state index contributed by atoms with van der Waals surface area (Å²) in [5.74, 6) is 0.908. The first-order chi connectivity index (χ1) is 11.5. The second kappa shape index (κ2) is 8.10. The number of anilines is 2. The lowest BCUT2D eigenvalue weighted by Gasteiger charge is -2.11. The number of carbonyl (C=O) groups is 1. The molecule has 1 amide bonds. The molecule has 2 aromatic rings. The van der Waals surface area contributed by atoms with Gasteiger partial charge in [-0.3, -0.25) is 4.79 Å². The minimum absolute atomic E-state index is 0.126. The van der Waals surface area contributed by atoms with E-state index in [1.165, 1.54) is 0 Å². The Kier molecular flexibility index (Phi) is 5.89. The summed E-state index contributed by atoms with van der Waals surface area (Å²) in [5, 5.41) is 5.80. The van der Waals surface area contributed by atoms with Gasteiger partial charge in [0.25, 0.3) is 5.91 Å². The molecule has 24 heavy (non-hydrogen) atoms. The van der Waals surface area contributed by atoms with Gasteiger partial charge in [-0.15, -0.1) is 6.58 Å². The van der Waals surface area contributed by atoms with Crippen LogP contribution in [0.5, 0.6) is 5.75 Å². The Morgan fingerprint density at radius 3 is 2.62 bits per heavy atom. The fourth-order valence-corrected chi connectivity index (χ4v) is 2.01. The largest absolute Gasteiger partial charge is 0.491 e. The molecule has 2 rings (SSSR count). The van der Waals surface area contributed by atoms with E-state index < -0.39 is 0 Å². The van der Waals surface area contributed by atoms with E-state index in [1.54, 1.807) is 12.1 Å². The molecule has 1 aromatic heterocycles. The van der Waals surface area contributed by atoms with Crippen LogP contribution in [-0.4, -0.2) is 28.5 Å². The molecule has 0 aliphatic heterocycles. The van der Waals surface area contributed by atoms with Gasteiger partial charge in [-0.1, -0.05) is 6.08 Å². The van der Waals surface area contributed by atoms with Crippen LogP contribution in [0.1, 0.15) is 30.0 Å². The SMILES string of the molecule is C=CCNC(=O)c1cc(C)nc(Nc2ccc(OC(C)C)cc2)n1. The van der Waals surface area contributed by atoms with Gasteiger partial charge in [-0.25, -0.2) is 9.97 Å². The number of hydrogen-bond donors (Lipinski definition) is 2. The zero-order valence-corrected chi connectivity index (χ0v) is 14.2. The van der Waals surface area contributed by atoms with Crippen molar-refractivity contribution in [2.45, 2.75) is 26.9 Å². The van der Waals surface area contributed by atoms with Crippen LogP contribution in [0.2, 0.25) is 0 Å². The summed E-state index contributed by atoms with van der Waals surface area (Å²) in [4.78, 5) is 20.6. The maximum atomic E-state index is 12.0.